The Kier molecular flexibility index (Phi) is 8.47. The molecule has 2 saturated heterocycles. The lowest BCUT2D eigenvalue weighted by Crippen LogP contribution is -2.48. The van der Waals surface area contributed by atoms with E-state index in [0.29, 0.717) is 30.2 Å². The van der Waals surface area contributed by atoms with Gasteiger partial charge < -0.3 is 4.90 Å². The molecule has 0 radical (unpaired) electrons. The average Bonchev–Trinajstić information content (AvgIpc) is 3.72. The molecular formula is C31H36Cl3N3O2. The first-order chi connectivity index (χ1) is 18.1. The quantitative estimate of drug-likeness (QED) is 0.324. The first kappa shape index (κ1) is 28.6. The molecule has 2 aromatic rings. The van der Waals surface area contributed by atoms with Crippen LogP contribution in [0, 0.1) is 35.5 Å². The maximum Gasteiger partial charge on any atom is 0.233 e. The van der Waals surface area contributed by atoms with Crippen LogP contribution in [0.3, 0.4) is 0 Å². The number of allylic oxidation sites excluding steroid dienone is 2. The Morgan fingerprint density at radius 3 is 1.90 bits per heavy atom. The summed E-state index contributed by atoms with van der Waals surface area (Å²) >= 11 is 6.17. The number of benzene rings is 2. The van der Waals surface area contributed by atoms with Gasteiger partial charge in [-0.1, -0.05) is 66.2 Å². The van der Waals surface area contributed by atoms with E-state index in [-0.39, 0.29) is 54.5 Å². The molecule has 8 heteroatoms. The molecule has 2 aromatic carbocycles. The standard InChI is InChI=1S/C31H34ClN3O2.2ClH/c32-22-9-7-21(8-10-22)29(20-5-2-1-3-6-20)34-17-15-33(16-18-34)13-4-14-35-30(36)27-23-11-12-24(26-19-25(23)26)28(27)31(35)37;;/h1-3,5-12,23-29H,4,13-19H2;2*1H. The van der Waals surface area contributed by atoms with Crippen molar-refractivity contribution in [3.05, 3.63) is 82.9 Å². The van der Waals surface area contributed by atoms with Crippen molar-refractivity contribution in [1.29, 1.82) is 0 Å². The smallest absolute Gasteiger partial charge is 0.233 e. The zero-order valence-corrected chi connectivity index (χ0v) is 24.3. The van der Waals surface area contributed by atoms with E-state index in [9.17, 15) is 9.59 Å². The maximum atomic E-state index is 13.2. The number of halogens is 3. The topological polar surface area (TPSA) is 43.9 Å². The van der Waals surface area contributed by atoms with Gasteiger partial charge in [0.05, 0.1) is 17.9 Å². The Labute approximate surface area is 248 Å². The highest BCUT2D eigenvalue weighted by atomic mass is 35.5. The molecule has 2 aliphatic heterocycles. The second kappa shape index (κ2) is 11.5. The van der Waals surface area contributed by atoms with Crippen molar-refractivity contribution in [2.24, 2.45) is 35.5 Å². The van der Waals surface area contributed by atoms with Crippen LogP contribution in [-0.2, 0) is 9.59 Å². The molecule has 7 unspecified atom stereocenters. The lowest BCUT2D eigenvalue weighted by Gasteiger charge is -2.40. The number of amides is 2. The molecule has 2 bridgehead atoms. The van der Waals surface area contributed by atoms with Crippen molar-refractivity contribution in [3.63, 3.8) is 0 Å². The third kappa shape index (κ3) is 5.06. The van der Waals surface area contributed by atoms with Gasteiger partial charge in [-0.2, -0.15) is 0 Å². The number of carbonyl (C=O) groups is 2. The first-order valence-corrected chi connectivity index (χ1v) is 14.3. The SMILES string of the molecule is Cl.Cl.O=C1C2C3C=CC(C4CC34)C2C(=O)N1CCCN1CCN(C(c2ccccc2)c2ccc(Cl)cc2)CC1. The van der Waals surface area contributed by atoms with Gasteiger partial charge in [0.25, 0.3) is 0 Å². The molecule has 2 saturated carbocycles. The van der Waals surface area contributed by atoms with E-state index in [1.165, 1.54) is 17.5 Å². The number of hydrogen-bond acceptors (Lipinski definition) is 4. The molecule has 8 rings (SSSR count). The summed E-state index contributed by atoms with van der Waals surface area (Å²) in [6.07, 6.45) is 6.57. The molecular weight excluding hydrogens is 553 g/mol. The van der Waals surface area contributed by atoms with Crippen molar-refractivity contribution in [3.8, 4) is 0 Å². The highest BCUT2D eigenvalue weighted by Crippen LogP contribution is 2.65. The van der Waals surface area contributed by atoms with Crippen molar-refractivity contribution >= 4 is 48.2 Å². The Balaban J connectivity index is 0.00000154. The van der Waals surface area contributed by atoms with Gasteiger partial charge in [-0.25, -0.2) is 0 Å². The van der Waals surface area contributed by atoms with Crippen molar-refractivity contribution in [2.45, 2.75) is 18.9 Å². The molecule has 208 valence electrons. The lowest BCUT2D eigenvalue weighted by molar-refractivity contribution is -0.140. The van der Waals surface area contributed by atoms with E-state index in [4.69, 9.17) is 11.6 Å². The van der Waals surface area contributed by atoms with Gasteiger partial charge >= 0.3 is 0 Å². The Bertz CT molecular complexity index is 1180. The molecule has 0 N–H and O–H groups in total. The van der Waals surface area contributed by atoms with E-state index in [1.807, 2.05) is 12.1 Å². The highest BCUT2D eigenvalue weighted by Gasteiger charge is 2.66. The number of imide groups is 1. The van der Waals surface area contributed by atoms with E-state index < -0.39 is 0 Å². The molecule has 4 fully saturated rings. The molecule has 39 heavy (non-hydrogen) atoms. The van der Waals surface area contributed by atoms with E-state index in [0.717, 1.165) is 44.2 Å². The van der Waals surface area contributed by atoms with Crippen molar-refractivity contribution in [2.75, 3.05) is 39.3 Å². The number of hydrogen-bond donors (Lipinski definition) is 0. The van der Waals surface area contributed by atoms with Gasteiger partial charge in [-0.05, 0) is 66.3 Å². The Hall–Kier alpha value is -1.89. The predicted octanol–water partition coefficient (Wildman–Crippen LogP) is 5.33. The monoisotopic (exact) mass is 587 g/mol. The minimum absolute atomic E-state index is 0. The highest BCUT2D eigenvalue weighted by molar-refractivity contribution is 6.30. The summed E-state index contributed by atoms with van der Waals surface area (Å²) < 4.78 is 0. The molecule has 2 heterocycles. The average molecular weight is 589 g/mol. The van der Waals surface area contributed by atoms with E-state index in [1.54, 1.807) is 4.90 Å². The minimum Gasteiger partial charge on any atom is -0.301 e. The van der Waals surface area contributed by atoms with Gasteiger partial charge in [0, 0.05) is 37.7 Å². The zero-order chi connectivity index (χ0) is 25.1. The largest absolute Gasteiger partial charge is 0.301 e. The van der Waals surface area contributed by atoms with E-state index in [2.05, 4.69) is 64.4 Å². The number of nitrogens with zero attached hydrogens (tertiary/aromatic N) is 3. The molecule has 4 aliphatic carbocycles. The van der Waals surface area contributed by atoms with Crippen LogP contribution < -0.4 is 0 Å². The fraction of sp³-hybridized carbons (Fsp3) is 0.484. The first-order valence-electron chi connectivity index (χ1n) is 13.9. The summed E-state index contributed by atoms with van der Waals surface area (Å²) in [6.45, 7) is 5.42. The normalized spacial score (nSPS) is 31.8. The third-order valence-electron chi connectivity index (χ3n) is 9.68. The number of carbonyl (C=O) groups excluding carboxylic acids is 2. The van der Waals surface area contributed by atoms with Crippen LogP contribution in [0.4, 0.5) is 0 Å². The fourth-order valence-corrected chi connectivity index (χ4v) is 7.96. The molecule has 0 spiro atoms. The van der Waals surface area contributed by atoms with Gasteiger partial charge in [0.2, 0.25) is 11.8 Å². The second-order valence-corrected chi connectivity index (χ2v) is 12.0. The maximum absolute atomic E-state index is 13.2. The van der Waals surface area contributed by atoms with Gasteiger partial charge in [0.1, 0.15) is 0 Å². The van der Waals surface area contributed by atoms with Crippen LogP contribution in [0.15, 0.2) is 66.7 Å². The van der Waals surface area contributed by atoms with Crippen molar-refractivity contribution in [1.82, 2.24) is 14.7 Å². The molecule has 5 nitrogen and oxygen atoms in total. The summed E-state index contributed by atoms with van der Waals surface area (Å²) in [5, 5.41) is 0.760. The number of piperazine rings is 1. The van der Waals surface area contributed by atoms with Crippen LogP contribution in [0.2, 0.25) is 5.02 Å². The van der Waals surface area contributed by atoms with Crippen LogP contribution in [0.5, 0.6) is 0 Å². The van der Waals surface area contributed by atoms with Crippen LogP contribution >= 0.6 is 36.4 Å². The third-order valence-corrected chi connectivity index (χ3v) is 9.94. The Morgan fingerprint density at radius 2 is 1.31 bits per heavy atom. The Morgan fingerprint density at radius 1 is 0.744 bits per heavy atom. The second-order valence-electron chi connectivity index (χ2n) is 11.6. The van der Waals surface area contributed by atoms with E-state index >= 15 is 0 Å². The molecule has 2 amide bonds. The molecule has 6 aliphatic rings. The van der Waals surface area contributed by atoms with Gasteiger partial charge in [0.15, 0.2) is 0 Å². The fourth-order valence-electron chi connectivity index (χ4n) is 7.83. The number of likely N-dealkylation sites (tertiary alicyclic amines) is 1. The van der Waals surface area contributed by atoms with Crippen LogP contribution in [0.25, 0.3) is 0 Å². The summed E-state index contributed by atoms with van der Waals surface area (Å²) in [4.78, 5) is 33.1. The summed E-state index contributed by atoms with van der Waals surface area (Å²) in [6, 6.07) is 19.1. The molecule has 0 aromatic heterocycles. The minimum atomic E-state index is -0.0717. The molecule has 7 atom stereocenters. The van der Waals surface area contributed by atoms with Crippen LogP contribution in [0.1, 0.15) is 30.0 Å². The summed E-state index contributed by atoms with van der Waals surface area (Å²) in [5.41, 5.74) is 2.56. The summed E-state index contributed by atoms with van der Waals surface area (Å²) in [5.74, 6) is 2.03. The van der Waals surface area contributed by atoms with Crippen LogP contribution in [-0.4, -0.2) is 65.8 Å². The number of rotatable bonds is 7. The van der Waals surface area contributed by atoms with Gasteiger partial charge in [-0.3, -0.25) is 19.4 Å². The van der Waals surface area contributed by atoms with Gasteiger partial charge in [-0.15, -0.1) is 24.8 Å². The zero-order valence-electron chi connectivity index (χ0n) is 21.9. The van der Waals surface area contributed by atoms with Crippen molar-refractivity contribution < 1.29 is 9.59 Å². The lowest BCUT2D eigenvalue weighted by atomic mass is 9.63. The predicted molar refractivity (Wildman–Crippen MR) is 158 cm³/mol. The summed E-state index contributed by atoms with van der Waals surface area (Å²) in [7, 11) is 0.